The number of rotatable bonds is 2. The molecule has 0 fully saturated rings. The van der Waals surface area contributed by atoms with E-state index < -0.39 is 14.2 Å². The topological polar surface area (TPSA) is 80.9 Å². The van der Waals surface area contributed by atoms with E-state index in [9.17, 15) is 0 Å². The summed E-state index contributed by atoms with van der Waals surface area (Å²) in [4.78, 5) is 0. The summed E-state index contributed by atoms with van der Waals surface area (Å²) in [6, 6.07) is 3.41. The van der Waals surface area contributed by atoms with Crippen LogP contribution in [-0.2, 0) is 0 Å². The van der Waals surface area contributed by atoms with Crippen LogP contribution in [0, 0.1) is 13.8 Å². The van der Waals surface area contributed by atoms with Gasteiger partial charge in [-0.3, -0.25) is 0 Å². The van der Waals surface area contributed by atoms with Crippen LogP contribution in [0.25, 0.3) is 0 Å². The Balaban J connectivity index is 3.42. The van der Waals surface area contributed by atoms with Gasteiger partial charge in [-0.05, 0) is 24.8 Å². The summed E-state index contributed by atoms with van der Waals surface area (Å²) in [7, 11) is -3.38. The molecule has 0 aliphatic heterocycles. The molecular formula is C8H12B2O4. The minimum atomic E-state index is -1.69. The summed E-state index contributed by atoms with van der Waals surface area (Å²) in [5, 5.41) is 36.4. The molecule has 1 aromatic carbocycles. The van der Waals surface area contributed by atoms with Gasteiger partial charge in [0.25, 0.3) is 0 Å². The molecule has 4 nitrogen and oxygen atoms in total. The smallest absolute Gasteiger partial charge is 0.423 e. The van der Waals surface area contributed by atoms with E-state index in [1.165, 1.54) is 0 Å². The molecule has 74 valence electrons. The first kappa shape index (κ1) is 11.3. The van der Waals surface area contributed by atoms with E-state index in [1.54, 1.807) is 26.0 Å². The van der Waals surface area contributed by atoms with Crippen LogP contribution in [-0.4, -0.2) is 34.3 Å². The van der Waals surface area contributed by atoms with E-state index in [1.807, 2.05) is 0 Å². The summed E-state index contributed by atoms with van der Waals surface area (Å²) >= 11 is 0. The first-order valence-corrected chi connectivity index (χ1v) is 4.27. The maximum atomic E-state index is 9.09. The third-order valence-corrected chi connectivity index (χ3v) is 2.24. The van der Waals surface area contributed by atoms with Crippen LogP contribution < -0.4 is 10.9 Å². The molecule has 4 N–H and O–H groups in total. The molecule has 6 heteroatoms. The van der Waals surface area contributed by atoms with Crippen LogP contribution in [0.15, 0.2) is 12.1 Å². The maximum absolute atomic E-state index is 9.09. The molecule has 0 heterocycles. The predicted octanol–water partition coefficient (Wildman–Crippen LogP) is -2.34. The summed E-state index contributed by atoms with van der Waals surface area (Å²) < 4.78 is 0. The van der Waals surface area contributed by atoms with Crippen LogP contribution in [0.4, 0.5) is 0 Å². The van der Waals surface area contributed by atoms with E-state index in [0.29, 0.717) is 11.1 Å². The Morgan fingerprint density at radius 1 is 0.786 bits per heavy atom. The molecule has 1 rings (SSSR count). The zero-order valence-electron chi connectivity index (χ0n) is 8.10. The van der Waals surface area contributed by atoms with Crippen molar-refractivity contribution in [3.8, 4) is 0 Å². The summed E-state index contributed by atoms with van der Waals surface area (Å²) in [5.74, 6) is 0. The van der Waals surface area contributed by atoms with Crippen molar-refractivity contribution in [2.24, 2.45) is 0 Å². The van der Waals surface area contributed by atoms with Gasteiger partial charge in [0.1, 0.15) is 0 Å². The van der Waals surface area contributed by atoms with Crippen LogP contribution in [0.3, 0.4) is 0 Å². The van der Waals surface area contributed by atoms with Gasteiger partial charge in [-0.1, -0.05) is 23.3 Å². The Hall–Kier alpha value is -0.810. The van der Waals surface area contributed by atoms with Gasteiger partial charge in [0.15, 0.2) is 0 Å². The number of hydrogen-bond acceptors (Lipinski definition) is 4. The number of aryl methyl sites for hydroxylation is 2. The molecular weight excluding hydrogens is 182 g/mol. The Morgan fingerprint density at radius 3 is 1.29 bits per heavy atom. The lowest BCUT2D eigenvalue weighted by molar-refractivity contribution is 0.419. The Bertz CT molecular complexity index is 305. The molecule has 0 atom stereocenters. The molecule has 0 radical (unpaired) electrons. The summed E-state index contributed by atoms with van der Waals surface area (Å²) in [5.41, 5.74) is 1.57. The molecule has 0 aromatic heterocycles. The summed E-state index contributed by atoms with van der Waals surface area (Å²) in [6.07, 6.45) is 0. The van der Waals surface area contributed by atoms with Crippen molar-refractivity contribution in [1.29, 1.82) is 0 Å². The van der Waals surface area contributed by atoms with Gasteiger partial charge in [-0.2, -0.15) is 0 Å². The van der Waals surface area contributed by atoms with Crippen molar-refractivity contribution in [2.75, 3.05) is 0 Å². The second-order valence-corrected chi connectivity index (χ2v) is 3.27. The fraction of sp³-hybridized carbons (Fsp3) is 0.250. The SMILES string of the molecule is Cc1ccc(C)c(B(O)O)c1B(O)O. The predicted molar refractivity (Wildman–Crippen MR) is 55.6 cm³/mol. The van der Waals surface area contributed by atoms with E-state index in [2.05, 4.69) is 0 Å². The average Bonchev–Trinajstić information content (AvgIpc) is 2.07. The largest absolute Gasteiger partial charge is 0.488 e. The molecule has 14 heavy (non-hydrogen) atoms. The van der Waals surface area contributed by atoms with Crippen LogP contribution in [0.2, 0.25) is 0 Å². The molecule has 0 aliphatic rings. The second-order valence-electron chi connectivity index (χ2n) is 3.27. The highest BCUT2D eigenvalue weighted by molar-refractivity contribution is 6.72. The normalized spacial score (nSPS) is 10.1. The highest BCUT2D eigenvalue weighted by Gasteiger charge is 2.26. The molecule has 0 spiro atoms. The second kappa shape index (κ2) is 4.14. The van der Waals surface area contributed by atoms with Crippen molar-refractivity contribution in [3.63, 3.8) is 0 Å². The molecule has 0 aliphatic carbocycles. The first-order chi connectivity index (χ1) is 6.45. The van der Waals surface area contributed by atoms with Crippen molar-refractivity contribution in [3.05, 3.63) is 23.3 Å². The van der Waals surface area contributed by atoms with Gasteiger partial charge < -0.3 is 20.1 Å². The van der Waals surface area contributed by atoms with E-state index in [0.717, 1.165) is 0 Å². The first-order valence-electron chi connectivity index (χ1n) is 4.27. The van der Waals surface area contributed by atoms with Crippen molar-refractivity contribution >= 4 is 25.2 Å². The van der Waals surface area contributed by atoms with Crippen LogP contribution in [0.5, 0.6) is 0 Å². The highest BCUT2D eigenvalue weighted by atomic mass is 16.4. The van der Waals surface area contributed by atoms with Gasteiger partial charge >= 0.3 is 14.2 Å². The van der Waals surface area contributed by atoms with Gasteiger partial charge in [0, 0.05) is 0 Å². The zero-order valence-corrected chi connectivity index (χ0v) is 8.10. The standard InChI is InChI=1S/C8H12B2O4/c1-5-3-4-6(2)8(10(13)14)7(5)9(11)12/h3-4,11-14H,1-2H3. The van der Waals surface area contributed by atoms with Gasteiger partial charge in [-0.25, -0.2) is 0 Å². The molecule has 1 aromatic rings. The molecule has 0 unspecified atom stereocenters. The fourth-order valence-electron chi connectivity index (χ4n) is 1.54. The average molecular weight is 194 g/mol. The Morgan fingerprint density at radius 2 is 1.07 bits per heavy atom. The minimum absolute atomic E-state index is 0.167. The number of benzene rings is 1. The third-order valence-electron chi connectivity index (χ3n) is 2.24. The lowest BCUT2D eigenvalue weighted by Crippen LogP contribution is -2.52. The van der Waals surface area contributed by atoms with Crippen molar-refractivity contribution < 1.29 is 20.1 Å². The Labute approximate surface area is 83.1 Å². The fourth-order valence-corrected chi connectivity index (χ4v) is 1.54. The van der Waals surface area contributed by atoms with E-state index >= 15 is 0 Å². The van der Waals surface area contributed by atoms with E-state index in [-0.39, 0.29) is 10.9 Å². The highest BCUT2D eigenvalue weighted by Crippen LogP contribution is 1.99. The summed E-state index contributed by atoms with van der Waals surface area (Å²) in [6.45, 7) is 3.36. The number of hydrogen-bond donors (Lipinski definition) is 4. The van der Waals surface area contributed by atoms with E-state index in [4.69, 9.17) is 20.1 Å². The van der Waals surface area contributed by atoms with Gasteiger partial charge in [0.2, 0.25) is 0 Å². The third kappa shape index (κ3) is 1.99. The monoisotopic (exact) mass is 194 g/mol. The molecule has 0 bridgehead atoms. The molecule has 0 amide bonds. The van der Waals surface area contributed by atoms with Crippen LogP contribution in [0.1, 0.15) is 11.1 Å². The maximum Gasteiger partial charge on any atom is 0.488 e. The molecule has 0 saturated heterocycles. The zero-order chi connectivity index (χ0) is 10.9. The van der Waals surface area contributed by atoms with Crippen molar-refractivity contribution in [1.82, 2.24) is 0 Å². The van der Waals surface area contributed by atoms with Crippen LogP contribution >= 0.6 is 0 Å². The Kier molecular flexibility index (Phi) is 3.34. The minimum Gasteiger partial charge on any atom is -0.423 e. The van der Waals surface area contributed by atoms with Gasteiger partial charge in [0.05, 0.1) is 0 Å². The van der Waals surface area contributed by atoms with Gasteiger partial charge in [-0.15, -0.1) is 0 Å². The lowest BCUT2D eigenvalue weighted by Gasteiger charge is -2.13. The lowest BCUT2D eigenvalue weighted by atomic mass is 9.62. The molecule has 0 saturated carbocycles. The van der Waals surface area contributed by atoms with Crippen molar-refractivity contribution in [2.45, 2.75) is 13.8 Å². The quantitative estimate of drug-likeness (QED) is 0.397.